The predicted octanol–water partition coefficient (Wildman–Crippen LogP) is 4.88. The normalized spacial score (nSPS) is 14.0. The third kappa shape index (κ3) is 2.99. The quantitative estimate of drug-likeness (QED) is 0.817. The molecule has 0 aromatic heterocycles. The number of ether oxygens (including phenoxy) is 1. The van der Waals surface area contributed by atoms with Crippen molar-refractivity contribution < 1.29 is 13.5 Å². The van der Waals surface area contributed by atoms with Gasteiger partial charge in [0.15, 0.2) is 0 Å². The van der Waals surface area contributed by atoms with E-state index in [2.05, 4.69) is 0 Å². The van der Waals surface area contributed by atoms with Gasteiger partial charge >= 0.3 is 0 Å². The Bertz CT molecular complexity index is 655. The Hall–Kier alpha value is -2.10. The number of benzene rings is 2. The van der Waals surface area contributed by atoms with Gasteiger partial charge < -0.3 is 10.5 Å². The number of hydrogen-bond donors (Lipinski definition) is 1. The first kappa shape index (κ1) is 13.9. The first-order valence-corrected chi connectivity index (χ1v) is 7.11. The summed E-state index contributed by atoms with van der Waals surface area (Å²) in [5, 5.41) is 0. The molecule has 2 aromatic rings. The average Bonchev–Trinajstić information content (AvgIpc) is 2.49. The highest BCUT2D eigenvalue weighted by atomic mass is 19.3. The van der Waals surface area contributed by atoms with Crippen molar-refractivity contribution in [3.63, 3.8) is 0 Å². The minimum Gasteiger partial charge on any atom is -0.457 e. The Kier molecular flexibility index (Phi) is 3.78. The van der Waals surface area contributed by atoms with Gasteiger partial charge in [-0.15, -0.1) is 0 Å². The van der Waals surface area contributed by atoms with Gasteiger partial charge in [0.25, 0.3) is 6.43 Å². The number of fused-ring (bicyclic) bond motifs is 1. The van der Waals surface area contributed by atoms with Crippen LogP contribution in [0.3, 0.4) is 0 Å². The molecule has 0 saturated heterocycles. The van der Waals surface area contributed by atoms with Crippen molar-refractivity contribution in [2.45, 2.75) is 32.1 Å². The maximum atomic E-state index is 13.0. The fourth-order valence-electron chi connectivity index (χ4n) is 2.73. The highest BCUT2D eigenvalue weighted by molar-refractivity contribution is 5.50. The summed E-state index contributed by atoms with van der Waals surface area (Å²) in [6.07, 6.45) is 1.87. The summed E-state index contributed by atoms with van der Waals surface area (Å²) in [6.45, 7) is 0. The van der Waals surface area contributed by atoms with E-state index < -0.39 is 6.43 Å². The molecule has 0 aliphatic heterocycles. The fraction of sp³-hybridized carbons (Fsp3) is 0.294. The van der Waals surface area contributed by atoms with Crippen molar-refractivity contribution in [2.75, 3.05) is 5.73 Å². The van der Waals surface area contributed by atoms with Crippen LogP contribution in [0, 0.1) is 0 Å². The highest BCUT2D eigenvalue weighted by Crippen LogP contribution is 2.35. The molecule has 0 atom stereocenters. The second-order valence-electron chi connectivity index (χ2n) is 5.34. The van der Waals surface area contributed by atoms with Crippen molar-refractivity contribution in [3.05, 3.63) is 53.1 Å². The molecule has 110 valence electrons. The Morgan fingerprint density at radius 2 is 1.71 bits per heavy atom. The van der Waals surface area contributed by atoms with Crippen molar-refractivity contribution >= 4 is 5.69 Å². The van der Waals surface area contributed by atoms with Crippen molar-refractivity contribution in [2.24, 2.45) is 0 Å². The van der Waals surface area contributed by atoms with Crippen LogP contribution in [0.15, 0.2) is 36.4 Å². The van der Waals surface area contributed by atoms with Gasteiger partial charge in [-0.05, 0) is 67.1 Å². The zero-order valence-corrected chi connectivity index (χ0v) is 11.6. The molecule has 1 aliphatic carbocycles. The van der Waals surface area contributed by atoms with E-state index in [1.54, 1.807) is 6.07 Å². The number of halogens is 2. The van der Waals surface area contributed by atoms with Crippen LogP contribution in [0.5, 0.6) is 11.5 Å². The van der Waals surface area contributed by atoms with Gasteiger partial charge in [-0.25, -0.2) is 8.78 Å². The molecule has 2 N–H and O–H groups in total. The molecule has 0 radical (unpaired) electrons. The number of nitrogen functional groups attached to an aromatic ring is 1. The lowest BCUT2D eigenvalue weighted by molar-refractivity contribution is 0.148. The van der Waals surface area contributed by atoms with E-state index in [9.17, 15) is 8.78 Å². The molecule has 0 fully saturated rings. The third-order valence-electron chi connectivity index (χ3n) is 3.82. The minimum absolute atomic E-state index is 0.162. The molecule has 0 spiro atoms. The molecule has 0 bridgehead atoms. The number of alkyl halides is 2. The third-order valence-corrected chi connectivity index (χ3v) is 3.82. The molecule has 0 amide bonds. The maximum Gasteiger partial charge on any atom is 0.267 e. The van der Waals surface area contributed by atoms with E-state index in [4.69, 9.17) is 10.5 Å². The number of anilines is 1. The SMILES string of the molecule is Nc1ccc(Oc2ccc3c(c2)CCCC3)c(C(F)F)c1. The molecule has 4 heteroatoms. The molecule has 0 unspecified atom stereocenters. The number of nitrogens with two attached hydrogens (primary N) is 1. The van der Waals surface area contributed by atoms with Crippen LogP contribution in [0.1, 0.15) is 36.0 Å². The van der Waals surface area contributed by atoms with Gasteiger partial charge in [0.2, 0.25) is 0 Å². The molecular formula is C17H17F2NO. The standard InChI is InChI=1S/C17H17F2NO/c18-17(19)15-10-13(20)6-8-16(15)21-14-7-5-11-3-1-2-4-12(11)9-14/h5-10,17H,1-4,20H2. The van der Waals surface area contributed by atoms with E-state index in [0.717, 1.165) is 12.8 Å². The Labute approximate surface area is 122 Å². The summed E-state index contributed by atoms with van der Waals surface area (Å²) in [7, 11) is 0. The Morgan fingerprint density at radius 3 is 2.48 bits per heavy atom. The van der Waals surface area contributed by atoms with Crippen LogP contribution >= 0.6 is 0 Å². The Morgan fingerprint density at radius 1 is 0.952 bits per heavy atom. The van der Waals surface area contributed by atoms with Crippen LogP contribution in [-0.4, -0.2) is 0 Å². The van der Waals surface area contributed by atoms with Crippen LogP contribution in [0.4, 0.5) is 14.5 Å². The van der Waals surface area contributed by atoms with Gasteiger partial charge in [-0.1, -0.05) is 6.07 Å². The first-order valence-electron chi connectivity index (χ1n) is 7.11. The Balaban J connectivity index is 1.90. The largest absolute Gasteiger partial charge is 0.457 e. The topological polar surface area (TPSA) is 35.2 Å². The fourth-order valence-corrected chi connectivity index (χ4v) is 2.73. The maximum absolute atomic E-state index is 13.0. The van der Waals surface area contributed by atoms with Crippen molar-refractivity contribution in [1.29, 1.82) is 0 Å². The van der Waals surface area contributed by atoms with Gasteiger partial charge in [0, 0.05) is 5.69 Å². The number of hydrogen-bond acceptors (Lipinski definition) is 2. The van der Waals surface area contributed by atoms with E-state index in [1.807, 2.05) is 18.2 Å². The second-order valence-corrected chi connectivity index (χ2v) is 5.34. The zero-order chi connectivity index (χ0) is 14.8. The van der Waals surface area contributed by atoms with E-state index in [0.29, 0.717) is 11.4 Å². The van der Waals surface area contributed by atoms with Crippen molar-refractivity contribution in [1.82, 2.24) is 0 Å². The van der Waals surface area contributed by atoms with Crippen LogP contribution in [0.2, 0.25) is 0 Å². The molecule has 21 heavy (non-hydrogen) atoms. The molecular weight excluding hydrogens is 272 g/mol. The van der Waals surface area contributed by atoms with Gasteiger partial charge in [0.05, 0.1) is 5.56 Å². The first-order chi connectivity index (χ1) is 10.1. The lowest BCUT2D eigenvalue weighted by Crippen LogP contribution is -2.02. The van der Waals surface area contributed by atoms with Gasteiger partial charge in [0.1, 0.15) is 11.5 Å². The molecule has 2 aromatic carbocycles. The van der Waals surface area contributed by atoms with Crippen LogP contribution < -0.4 is 10.5 Å². The summed E-state index contributed by atoms with van der Waals surface area (Å²) >= 11 is 0. The van der Waals surface area contributed by atoms with Crippen LogP contribution in [0.25, 0.3) is 0 Å². The zero-order valence-electron chi connectivity index (χ0n) is 11.6. The monoisotopic (exact) mass is 289 g/mol. The summed E-state index contributed by atoms with van der Waals surface area (Å²) in [5.41, 5.74) is 8.29. The molecule has 0 saturated carbocycles. The number of aryl methyl sites for hydroxylation is 2. The highest BCUT2D eigenvalue weighted by Gasteiger charge is 2.16. The summed E-state index contributed by atoms with van der Waals surface area (Å²) in [4.78, 5) is 0. The van der Waals surface area contributed by atoms with Crippen LogP contribution in [-0.2, 0) is 12.8 Å². The predicted molar refractivity (Wildman–Crippen MR) is 79.0 cm³/mol. The summed E-state index contributed by atoms with van der Waals surface area (Å²) in [5.74, 6) is 0.761. The van der Waals surface area contributed by atoms with Crippen molar-refractivity contribution in [3.8, 4) is 11.5 Å². The van der Waals surface area contributed by atoms with Gasteiger partial charge in [-0.3, -0.25) is 0 Å². The average molecular weight is 289 g/mol. The molecule has 1 aliphatic rings. The minimum atomic E-state index is -2.61. The summed E-state index contributed by atoms with van der Waals surface area (Å²) < 4.78 is 31.8. The molecule has 2 nitrogen and oxygen atoms in total. The van der Waals surface area contributed by atoms with E-state index in [-0.39, 0.29) is 11.3 Å². The van der Waals surface area contributed by atoms with E-state index >= 15 is 0 Å². The van der Waals surface area contributed by atoms with E-state index in [1.165, 1.54) is 36.1 Å². The molecule has 3 rings (SSSR count). The molecule has 0 heterocycles. The smallest absolute Gasteiger partial charge is 0.267 e. The second kappa shape index (κ2) is 5.72. The van der Waals surface area contributed by atoms with Gasteiger partial charge in [-0.2, -0.15) is 0 Å². The number of rotatable bonds is 3. The lowest BCUT2D eigenvalue weighted by Gasteiger charge is -2.17. The summed E-state index contributed by atoms with van der Waals surface area (Å²) in [6, 6.07) is 10.2. The lowest BCUT2D eigenvalue weighted by atomic mass is 9.92.